The molecule has 1 aromatic carbocycles. The minimum atomic E-state index is 0.479. The number of guanidine groups is 1. The molecule has 3 nitrogen and oxygen atoms in total. The second kappa shape index (κ2) is 5.39. The molecular formula is C12H19N3. The van der Waals surface area contributed by atoms with Gasteiger partial charge in [0.2, 0.25) is 0 Å². The molecule has 1 rings (SSSR count). The summed E-state index contributed by atoms with van der Waals surface area (Å²) in [5.74, 6) is 1.01. The Labute approximate surface area is 91.4 Å². The van der Waals surface area contributed by atoms with Crippen LogP contribution in [-0.2, 0) is 0 Å². The normalized spacial score (nSPS) is 11.9. The maximum absolute atomic E-state index is 5.73. The fourth-order valence-electron chi connectivity index (χ4n) is 1.11. The molecule has 0 aliphatic heterocycles. The van der Waals surface area contributed by atoms with E-state index in [1.54, 1.807) is 0 Å². The zero-order valence-electron chi connectivity index (χ0n) is 9.62. The van der Waals surface area contributed by atoms with Gasteiger partial charge in [0.05, 0.1) is 0 Å². The Bertz CT molecular complexity index is 325. The van der Waals surface area contributed by atoms with Crippen LogP contribution >= 0.6 is 0 Å². The van der Waals surface area contributed by atoms with E-state index in [0.717, 1.165) is 12.2 Å². The summed E-state index contributed by atoms with van der Waals surface area (Å²) < 4.78 is 0. The lowest BCUT2D eigenvalue weighted by atomic mass is 10.2. The van der Waals surface area contributed by atoms with Crippen LogP contribution in [0.4, 0.5) is 5.69 Å². The molecule has 0 radical (unpaired) electrons. The molecular weight excluding hydrogens is 186 g/mol. The van der Waals surface area contributed by atoms with Crippen LogP contribution in [0.3, 0.4) is 0 Å². The van der Waals surface area contributed by atoms with Gasteiger partial charge in [-0.05, 0) is 25.0 Å². The summed E-state index contributed by atoms with van der Waals surface area (Å²) in [4.78, 5) is 4.22. The molecule has 0 aromatic heterocycles. The highest BCUT2D eigenvalue weighted by Gasteiger charge is 1.95. The first-order valence-corrected chi connectivity index (χ1v) is 5.21. The minimum absolute atomic E-state index is 0.479. The number of aliphatic imine (C=N–C) groups is 1. The molecule has 0 spiro atoms. The maximum atomic E-state index is 5.73. The van der Waals surface area contributed by atoms with Crippen LogP contribution in [0, 0.1) is 12.8 Å². The summed E-state index contributed by atoms with van der Waals surface area (Å²) in [6, 6.07) is 8.07. The summed E-state index contributed by atoms with van der Waals surface area (Å²) in [6.45, 7) is 7.04. The lowest BCUT2D eigenvalue weighted by molar-refractivity contribution is 0.665. The maximum Gasteiger partial charge on any atom is 0.193 e. The van der Waals surface area contributed by atoms with E-state index in [1.165, 1.54) is 5.56 Å². The van der Waals surface area contributed by atoms with Gasteiger partial charge in [-0.25, -0.2) is 0 Å². The molecule has 82 valence electrons. The average Bonchev–Trinajstić information content (AvgIpc) is 2.19. The third kappa shape index (κ3) is 4.49. The van der Waals surface area contributed by atoms with Gasteiger partial charge in [-0.3, -0.25) is 4.99 Å². The van der Waals surface area contributed by atoms with Gasteiger partial charge in [0.1, 0.15) is 0 Å². The van der Waals surface area contributed by atoms with Gasteiger partial charge in [-0.15, -0.1) is 0 Å². The van der Waals surface area contributed by atoms with Gasteiger partial charge < -0.3 is 11.1 Å². The number of hydrogen-bond acceptors (Lipinski definition) is 1. The second-order valence-corrected chi connectivity index (χ2v) is 4.11. The predicted octanol–water partition coefficient (Wildman–Crippen LogP) is 2.38. The molecule has 0 heterocycles. The monoisotopic (exact) mass is 205 g/mol. The Morgan fingerprint density at radius 3 is 2.47 bits per heavy atom. The lowest BCUT2D eigenvalue weighted by Gasteiger charge is -2.06. The van der Waals surface area contributed by atoms with Crippen molar-refractivity contribution in [1.82, 2.24) is 0 Å². The van der Waals surface area contributed by atoms with E-state index in [-0.39, 0.29) is 0 Å². The van der Waals surface area contributed by atoms with Crippen molar-refractivity contribution in [2.24, 2.45) is 16.6 Å². The minimum Gasteiger partial charge on any atom is -0.370 e. The van der Waals surface area contributed by atoms with Crippen LogP contribution in [0.1, 0.15) is 19.4 Å². The Kier molecular flexibility index (Phi) is 4.16. The van der Waals surface area contributed by atoms with Gasteiger partial charge in [0.15, 0.2) is 5.96 Å². The van der Waals surface area contributed by atoms with Crippen molar-refractivity contribution in [3.05, 3.63) is 29.8 Å². The third-order valence-electron chi connectivity index (χ3n) is 1.95. The number of benzene rings is 1. The first-order valence-electron chi connectivity index (χ1n) is 5.21. The van der Waals surface area contributed by atoms with E-state index in [4.69, 9.17) is 5.73 Å². The van der Waals surface area contributed by atoms with Crippen LogP contribution in [0.15, 0.2) is 29.3 Å². The van der Waals surface area contributed by atoms with Gasteiger partial charge in [0, 0.05) is 12.2 Å². The number of hydrogen-bond donors (Lipinski definition) is 2. The molecule has 0 aliphatic rings. The molecule has 0 bridgehead atoms. The fourth-order valence-corrected chi connectivity index (χ4v) is 1.11. The largest absolute Gasteiger partial charge is 0.370 e. The average molecular weight is 205 g/mol. The van der Waals surface area contributed by atoms with Crippen LogP contribution in [0.5, 0.6) is 0 Å². The van der Waals surface area contributed by atoms with Crippen molar-refractivity contribution in [2.75, 3.05) is 11.9 Å². The third-order valence-corrected chi connectivity index (χ3v) is 1.95. The van der Waals surface area contributed by atoms with Crippen LogP contribution in [-0.4, -0.2) is 12.5 Å². The van der Waals surface area contributed by atoms with E-state index in [9.17, 15) is 0 Å². The fraction of sp³-hybridized carbons (Fsp3) is 0.417. The summed E-state index contributed by atoms with van der Waals surface area (Å²) in [5, 5.41) is 3.05. The van der Waals surface area contributed by atoms with Crippen molar-refractivity contribution in [3.8, 4) is 0 Å². The predicted molar refractivity (Wildman–Crippen MR) is 66.1 cm³/mol. The smallest absolute Gasteiger partial charge is 0.193 e. The Balaban J connectivity index is 2.54. The van der Waals surface area contributed by atoms with Crippen LogP contribution < -0.4 is 11.1 Å². The van der Waals surface area contributed by atoms with Crippen molar-refractivity contribution in [3.63, 3.8) is 0 Å². The van der Waals surface area contributed by atoms with Crippen molar-refractivity contribution < 1.29 is 0 Å². The Morgan fingerprint density at radius 1 is 1.33 bits per heavy atom. The quantitative estimate of drug-likeness (QED) is 0.588. The Morgan fingerprint density at radius 2 is 1.93 bits per heavy atom. The first kappa shape index (κ1) is 11.6. The van der Waals surface area contributed by atoms with Gasteiger partial charge in [0.25, 0.3) is 0 Å². The molecule has 0 fully saturated rings. The Hall–Kier alpha value is -1.51. The lowest BCUT2D eigenvalue weighted by Crippen LogP contribution is -2.23. The highest BCUT2D eigenvalue weighted by atomic mass is 15.1. The van der Waals surface area contributed by atoms with Gasteiger partial charge in [-0.1, -0.05) is 31.5 Å². The van der Waals surface area contributed by atoms with Gasteiger partial charge in [-0.2, -0.15) is 0 Å². The summed E-state index contributed by atoms with van der Waals surface area (Å²) in [7, 11) is 0. The van der Waals surface area contributed by atoms with E-state index >= 15 is 0 Å². The molecule has 15 heavy (non-hydrogen) atoms. The van der Waals surface area contributed by atoms with E-state index in [1.807, 2.05) is 24.3 Å². The molecule has 1 aromatic rings. The molecule has 0 unspecified atom stereocenters. The summed E-state index contributed by atoms with van der Waals surface area (Å²) in [6.07, 6.45) is 0. The molecule has 0 amide bonds. The highest BCUT2D eigenvalue weighted by molar-refractivity contribution is 5.92. The summed E-state index contributed by atoms with van der Waals surface area (Å²) in [5.41, 5.74) is 7.94. The zero-order chi connectivity index (χ0) is 11.3. The number of aryl methyl sites for hydroxylation is 1. The highest BCUT2D eigenvalue weighted by Crippen LogP contribution is 2.07. The van der Waals surface area contributed by atoms with Crippen molar-refractivity contribution >= 4 is 11.6 Å². The molecule has 0 aliphatic carbocycles. The van der Waals surface area contributed by atoms with Crippen LogP contribution in [0.25, 0.3) is 0 Å². The molecule has 3 N–H and O–H groups in total. The standard InChI is InChI=1S/C12H19N3/c1-9(2)8-14-12(13)15-11-6-4-10(3)5-7-11/h4-7,9H,8H2,1-3H3,(H3,13,14,15). The second-order valence-electron chi connectivity index (χ2n) is 4.11. The van der Waals surface area contributed by atoms with E-state index in [0.29, 0.717) is 11.9 Å². The van der Waals surface area contributed by atoms with Crippen molar-refractivity contribution in [1.29, 1.82) is 0 Å². The first-order chi connectivity index (χ1) is 7.08. The molecule has 0 saturated carbocycles. The number of nitrogens with one attached hydrogen (secondary N) is 1. The molecule has 3 heteroatoms. The number of anilines is 1. The van der Waals surface area contributed by atoms with E-state index in [2.05, 4.69) is 31.1 Å². The van der Waals surface area contributed by atoms with Crippen LogP contribution in [0.2, 0.25) is 0 Å². The molecule has 0 saturated heterocycles. The number of rotatable bonds is 3. The van der Waals surface area contributed by atoms with Crippen molar-refractivity contribution in [2.45, 2.75) is 20.8 Å². The topological polar surface area (TPSA) is 50.4 Å². The van der Waals surface area contributed by atoms with Gasteiger partial charge >= 0.3 is 0 Å². The number of nitrogens with two attached hydrogens (primary N) is 1. The number of nitrogens with zero attached hydrogens (tertiary/aromatic N) is 1. The van der Waals surface area contributed by atoms with E-state index < -0.39 is 0 Å². The molecule has 0 atom stereocenters. The summed E-state index contributed by atoms with van der Waals surface area (Å²) >= 11 is 0. The zero-order valence-corrected chi connectivity index (χ0v) is 9.62. The SMILES string of the molecule is Cc1ccc(NC(N)=NCC(C)C)cc1.